The first-order valence-corrected chi connectivity index (χ1v) is 6.87. The van der Waals surface area contributed by atoms with Crippen LogP contribution in [0.4, 0.5) is 0 Å². The van der Waals surface area contributed by atoms with Crippen LogP contribution in [0.15, 0.2) is 28.7 Å². The topological polar surface area (TPSA) is 64.3 Å². The van der Waals surface area contributed by atoms with Gasteiger partial charge in [0.1, 0.15) is 5.75 Å². The highest BCUT2D eigenvalue weighted by Crippen LogP contribution is 2.23. The molecule has 3 N–H and O–H groups in total. The smallest absolute Gasteiger partial charge is 0.223 e. The van der Waals surface area contributed by atoms with E-state index in [1.807, 2.05) is 24.3 Å². The van der Waals surface area contributed by atoms with E-state index >= 15 is 0 Å². The molecule has 0 atom stereocenters. The first-order valence-electron chi connectivity index (χ1n) is 6.08. The van der Waals surface area contributed by atoms with Gasteiger partial charge in [0.25, 0.3) is 0 Å². The predicted molar refractivity (Wildman–Crippen MR) is 75.6 cm³/mol. The van der Waals surface area contributed by atoms with Gasteiger partial charge in [0.15, 0.2) is 0 Å². The van der Waals surface area contributed by atoms with Gasteiger partial charge in [-0.15, -0.1) is 0 Å². The van der Waals surface area contributed by atoms with Crippen LogP contribution in [0.5, 0.6) is 5.75 Å². The van der Waals surface area contributed by atoms with Gasteiger partial charge in [-0.1, -0.05) is 12.1 Å². The third-order valence-corrected chi connectivity index (χ3v) is 3.03. The van der Waals surface area contributed by atoms with Gasteiger partial charge in [-0.3, -0.25) is 4.79 Å². The Morgan fingerprint density at radius 3 is 2.83 bits per heavy atom. The Morgan fingerprint density at radius 2 is 2.11 bits per heavy atom. The summed E-state index contributed by atoms with van der Waals surface area (Å²) in [7, 11) is 0. The van der Waals surface area contributed by atoms with E-state index < -0.39 is 0 Å². The number of para-hydroxylation sites is 1. The van der Waals surface area contributed by atoms with Crippen molar-refractivity contribution < 1.29 is 9.53 Å². The van der Waals surface area contributed by atoms with Gasteiger partial charge in [-0.25, -0.2) is 0 Å². The Balaban J connectivity index is 2.14. The van der Waals surface area contributed by atoms with Gasteiger partial charge in [-0.05, 0) is 47.4 Å². The molecule has 0 aliphatic carbocycles. The molecule has 1 aromatic carbocycles. The monoisotopic (exact) mass is 314 g/mol. The lowest BCUT2D eigenvalue weighted by Gasteiger charge is -2.08. The first kappa shape index (κ1) is 15.0. The van der Waals surface area contributed by atoms with Gasteiger partial charge < -0.3 is 15.8 Å². The highest BCUT2D eigenvalue weighted by molar-refractivity contribution is 9.10. The molecule has 18 heavy (non-hydrogen) atoms. The van der Waals surface area contributed by atoms with Crippen LogP contribution in [0.25, 0.3) is 0 Å². The van der Waals surface area contributed by atoms with Gasteiger partial charge in [0.2, 0.25) is 5.91 Å². The summed E-state index contributed by atoms with van der Waals surface area (Å²) in [4.78, 5) is 11.4. The number of halogens is 1. The van der Waals surface area contributed by atoms with Crippen molar-refractivity contribution >= 4 is 21.8 Å². The zero-order valence-electron chi connectivity index (χ0n) is 10.3. The Morgan fingerprint density at radius 1 is 1.33 bits per heavy atom. The van der Waals surface area contributed by atoms with Gasteiger partial charge in [-0.2, -0.15) is 0 Å². The van der Waals surface area contributed by atoms with Crippen molar-refractivity contribution in [3.63, 3.8) is 0 Å². The van der Waals surface area contributed by atoms with Crippen molar-refractivity contribution in [2.45, 2.75) is 19.3 Å². The number of carbonyl (C=O) groups excluding carboxylic acids is 1. The Kier molecular flexibility index (Phi) is 7.44. The summed E-state index contributed by atoms with van der Waals surface area (Å²) in [5.41, 5.74) is 5.37. The number of nitrogens with one attached hydrogen (secondary N) is 1. The number of carbonyl (C=O) groups is 1. The van der Waals surface area contributed by atoms with Crippen LogP contribution < -0.4 is 15.8 Å². The number of hydrogen-bond donors (Lipinski definition) is 2. The second kappa shape index (κ2) is 8.94. The van der Waals surface area contributed by atoms with Crippen LogP contribution >= 0.6 is 15.9 Å². The van der Waals surface area contributed by atoms with E-state index in [9.17, 15) is 4.79 Å². The maximum atomic E-state index is 11.4. The molecule has 0 saturated heterocycles. The molecule has 0 bridgehead atoms. The van der Waals surface area contributed by atoms with Crippen LogP contribution in [0.2, 0.25) is 0 Å². The SMILES string of the molecule is NCCCCNC(=O)CCOc1ccccc1Br. The van der Waals surface area contributed by atoms with Crippen molar-refractivity contribution in [1.29, 1.82) is 0 Å². The van der Waals surface area contributed by atoms with Crippen molar-refractivity contribution in [1.82, 2.24) is 5.32 Å². The molecule has 0 saturated carbocycles. The summed E-state index contributed by atoms with van der Waals surface area (Å²) in [6.45, 7) is 1.73. The van der Waals surface area contributed by atoms with Crippen LogP contribution in [0, 0.1) is 0 Å². The lowest BCUT2D eigenvalue weighted by Crippen LogP contribution is -2.26. The van der Waals surface area contributed by atoms with E-state index in [0.29, 0.717) is 26.1 Å². The van der Waals surface area contributed by atoms with E-state index in [0.717, 1.165) is 23.1 Å². The van der Waals surface area contributed by atoms with E-state index in [1.165, 1.54) is 0 Å². The third-order valence-electron chi connectivity index (χ3n) is 2.38. The number of ether oxygens (including phenoxy) is 1. The van der Waals surface area contributed by atoms with Crippen LogP contribution in [0.3, 0.4) is 0 Å². The van der Waals surface area contributed by atoms with Crippen molar-refractivity contribution in [2.75, 3.05) is 19.7 Å². The largest absolute Gasteiger partial charge is 0.492 e. The lowest BCUT2D eigenvalue weighted by molar-refractivity contribution is -0.121. The molecule has 100 valence electrons. The minimum absolute atomic E-state index is 0.0130. The lowest BCUT2D eigenvalue weighted by atomic mass is 10.3. The summed E-state index contributed by atoms with van der Waals surface area (Å²) >= 11 is 3.39. The maximum Gasteiger partial charge on any atom is 0.223 e. The Labute approximate surface area is 116 Å². The number of benzene rings is 1. The molecule has 1 rings (SSSR count). The molecule has 0 fully saturated rings. The minimum atomic E-state index is 0.0130. The Bertz CT molecular complexity index is 372. The fourth-order valence-corrected chi connectivity index (χ4v) is 1.80. The average Bonchev–Trinajstić information content (AvgIpc) is 2.37. The number of nitrogens with two attached hydrogens (primary N) is 1. The molecule has 0 aliphatic rings. The highest BCUT2D eigenvalue weighted by atomic mass is 79.9. The van der Waals surface area contributed by atoms with Gasteiger partial charge in [0.05, 0.1) is 17.5 Å². The molecule has 0 unspecified atom stereocenters. The van der Waals surface area contributed by atoms with E-state index in [4.69, 9.17) is 10.5 Å². The number of hydrogen-bond acceptors (Lipinski definition) is 3. The molecular formula is C13H19BrN2O2. The van der Waals surface area contributed by atoms with Crippen LogP contribution in [-0.2, 0) is 4.79 Å². The van der Waals surface area contributed by atoms with E-state index in [1.54, 1.807) is 0 Å². The molecule has 0 spiro atoms. The fraction of sp³-hybridized carbons (Fsp3) is 0.462. The van der Waals surface area contributed by atoms with Crippen molar-refractivity contribution in [3.8, 4) is 5.75 Å². The second-order valence-corrected chi connectivity index (χ2v) is 4.73. The summed E-state index contributed by atoms with van der Waals surface area (Å²) in [6, 6.07) is 7.58. The molecule has 4 nitrogen and oxygen atoms in total. The molecule has 1 aromatic rings. The highest BCUT2D eigenvalue weighted by Gasteiger charge is 2.03. The maximum absolute atomic E-state index is 11.4. The van der Waals surface area contributed by atoms with Gasteiger partial charge in [0, 0.05) is 6.54 Å². The predicted octanol–water partition coefficient (Wildman–Crippen LogP) is 2.07. The molecule has 0 aliphatic heterocycles. The standard InChI is InChI=1S/C13H19BrN2O2/c14-11-5-1-2-6-12(11)18-10-7-13(17)16-9-4-3-8-15/h1-2,5-6H,3-4,7-10,15H2,(H,16,17). The van der Waals surface area contributed by atoms with E-state index in [-0.39, 0.29) is 5.91 Å². The number of unbranched alkanes of at least 4 members (excludes halogenated alkanes) is 1. The summed E-state index contributed by atoms with van der Waals surface area (Å²) in [6.07, 6.45) is 2.23. The van der Waals surface area contributed by atoms with Crippen molar-refractivity contribution in [3.05, 3.63) is 28.7 Å². The summed E-state index contributed by atoms with van der Waals surface area (Å²) in [5, 5.41) is 2.83. The average molecular weight is 315 g/mol. The van der Waals surface area contributed by atoms with Crippen LogP contribution in [-0.4, -0.2) is 25.6 Å². The van der Waals surface area contributed by atoms with Gasteiger partial charge >= 0.3 is 0 Å². The number of amides is 1. The minimum Gasteiger partial charge on any atom is -0.492 e. The summed E-state index contributed by atoms with van der Waals surface area (Å²) in [5.74, 6) is 0.771. The second-order valence-electron chi connectivity index (χ2n) is 3.87. The molecule has 0 aromatic heterocycles. The Hall–Kier alpha value is -1.07. The quantitative estimate of drug-likeness (QED) is 0.722. The molecular weight excluding hydrogens is 296 g/mol. The zero-order valence-corrected chi connectivity index (χ0v) is 11.9. The van der Waals surface area contributed by atoms with E-state index in [2.05, 4.69) is 21.2 Å². The molecule has 5 heteroatoms. The first-order chi connectivity index (χ1) is 8.74. The van der Waals surface area contributed by atoms with Crippen LogP contribution in [0.1, 0.15) is 19.3 Å². The fourth-order valence-electron chi connectivity index (χ4n) is 1.40. The molecule has 0 heterocycles. The summed E-state index contributed by atoms with van der Waals surface area (Å²) < 4.78 is 6.40. The molecule has 1 amide bonds. The molecule has 0 radical (unpaired) electrons. The number of rotatable bonds is 8. The zero-order chi connectivity index (χ0) is 13.2. The van der Waals surface area contributed by atoms with Crippen molar-refractivity contribution in [2.24, 2.45) is 5.73 Å². The third kappa shape index (κ3) is 6.02. The normalized spacial score (nSPS) is 10.1.